The fourth-order valence-electron chi connectivity index (χ4n) is 2.99. The molecule has 0 N–H and O–H groups in total. The third-order valence-electron chi connectivity index (χ3n) is 4.02. The largest absolute Gasteiger partial charge is 0.0925 e. The maximum atomic E-state index is 3.66. The number of rotatable bonds is 3. The third-order valence-corrected chi connectivity index (χ3v) is 4.99. The average Bonchev–Trinajstić information content (AvgIpc) is 2.79. The van der Waals surface area contributed by atoms with Crippen molar-refractivity contribution in [3.63, 3.8) is 0 Å². The van der Waals surface area contributed by atoms with Crippen LogP contribution in [0.5, 0.6) is 0 Å². The molecule has 2 rings (SSSR count). The molecule has 1 aromatic carbocycles. The molecule has 0 aliphatic heterocycles. The second kappa shape index (κ2) is 4.69. The van der Waals surface area contributed by atoms with E-state index in [-0.39, 0.29) is 0 Å². The van der Waals surface area contributed by atoms with Crippen LogP contribution in [0.2, 0.25) is 0 Å². The molecule has 0 saturated heterocycles. The smallest absolute Gasteiger partial charge is 0.00655 e. The van der Waals surface area contributed by atoms with Crippen molar-refractivity contribution in [3.05, 3.63) is 35.9 Å². The van der Waals surface area contributed by atoms with Crippen LogP contribution in [0.4, 0.5) is 0 Å². The van der Waals surface area contributed by atoms with Gasteiger partial charge in [0.05, 0.1) is 0 Å². The summed E-state index contributed by atoms with van der Waals surface area (Å²) in [4.78, 5) is 0. The fraction of sp³-hybridized carbons (Fsp3) is 0.571. The number of hydrogen-bond donors (Lipinski definition) is 0. The number of halogens is 1. The first-order chi connectivity index (χ1) is 7.29. The first-order valence-corrected chi connectivity index (χ1v) is 7.03. The van der Waals surface area contributed by atoms with Gasteiger partial charge in [0, 0.05) is 5.33 Å². The van der Waals surface area contributed by atoms with E-state index in [1.807, 2.05) is 0 Å². The van der Waals surface area contributed by atoms with Crippen LogP contribution in [0.15, 0.2) is 30.3 Å². The normalized spacial score (nSPS) is 21.5. The van der Waals surface area contributed by atoms with Gasteiger partial charge in [-0.15, -0.1) is 0 Å². The van der Waals surface area contributed by atoms with E-state index >= 15 is 0 Å². The monoisotopic (exact) mass is 266 g/mol. The highest BCUT2D eigenvalue weighted by molar-refractivity contribution is 9.09. The van der Waals surface area contributed by atoms with Crippen LogP contribution < -0.4 is 0 Å². The molecule has 0 heterocycles. The van der Waals surface area contributed by atoms with Gasteiger partial charge in [0.1, 0.15) is 0 Å². The Labute approximate surface area is 101 Å². The fourth-order valence-corrected chi connectivity index (χ4v) is 3.61. The van der Waals surface area contributed by atoms with E-state index in [1.165, 1.54) is 25.7 Å². The highest BCUT2D eigenvalue weighted by Gasteiger charge is 2.39. The highest BCUT2D eigenvalue weighted by atomic mass is 79.9. The van der Waals surface area contributed by atoms with Gasteiger partial charge in [-0.05, 0) is 29.7 Å². The SMILES string of the molecule is CC(CBr)C1(c2ccccc2)CCCC1. The van der Waals surface area contributed by atoms with Crippen molar-refractivity contribution in [1.29, 1.82) is 0 Å². The van der Waals surface area contributed by atoms with Gasteiger partial charge in [-0.1, -0.05) is 66.0 Å². The van der Waals surface area contributed by atoms with E-state index in [0.717, 1.165) is 11.2 Å². The summed E-state index contributed by atoms with van der Waals surface area (Å²) < 4.78 is 0. The molecule has 1 fully saturated rings. The Morgan fingerprint density at radius 3 is 2.33 bits per heavy atom. The number of benzene rings is 1. The minimum atomic E-state index is 0.449. The molecular formula is C14H19Br. The lowest BCUT2D eigenvalue weighted by atomic mass is 9.70. The Morgan fingerprint density at radius 1 is 1.20 bits per heavy atom. The molecule has 1 aromatic rings. The van der Waals surface area contributed by atoms with Crippen LogP contribution in [0.25, 0.3) is 0 Å². The van der Waals surface area contributed by atoms with E-state index < -0.39 is 0 Å². The molecule has 0 bridgehead atoms. The summed E-state index contributed by atoms with van der Waals surface area (Å²) in [6.07, 6.45) is 5.52. The van der Waals surface area contributed by atoms with Crippen molar-refractivity contribution in [3.8, 4) is 0 Å². The third kappa shape index (κ3) is 1.99. The van der Waals surface area contributed by atoms with Gasteiger partial charge >= 0.3 is 0 Å². The Kier molecular flexibility index (Phi) is 3.50. The predicted molar refractivity (Wildman–Crippen MR) is 69.5 cm³/mol. The van der Waals surface area contributed by atoms with Crippen molar-refractivity contribution < 1.29 is 0 Å². The van der Waals surface area contributed by atoms with Gasteiger partial charge in [0.25, 0.3) is 0 Å². The van der Waals surface area contributed by atoms with E-state index in [0.29, 0.717) is 5.41 Å². The summed E-state index contributed by atoms with van der Waals surface area (Å²) in [5.41, 5.74) is 2.00. The van der Waals surface area contributed by atoms with Crippen molar-refractivity contribution in [2.45, 2.75) is 38.0 Å². The van der Waals surface area contributed by atoms with Gasteiger partial charge in [-0.2, -0.15) is 0 Å². The van der Waals surface area contributed by atoms with E-state index in [1.54, 1.807) is 5.56 Å². The lowest BCUT2D eigenvalue weighted by Crippen LogP contribution is -2.31. The van der Waals surface area contributed by atoms with E-state index in [9.17, 15) is 0 Å². The van der Waals surface area contributed by atoms with Crippen LogP contribution in [-0.2, 0) is 5.41 Å². The topological polar surface area (TPSA) is 0 Å². The van der Waals surface area contributed by atoms with E-state index in [4.69, 9.17) is 0 Å². The zero-order valence-electron chi connectivity index (χ0n) is 9.38. The van der Waals surface area contributed by atoms with Gasteiger partial charge in [0.2, 0.25) is 0 Å². The molecule has 0 spiro atoms. The molecule has 82 valence electrons. The summed E-state index contributed by atoms with van der Waals surface area (Å²) in [5.74, 6) is 0.738. The molecule has 15 heavy (non-hydrogen) atoms. The van der Waals surface area contributed by atoms with Gasteiger partial charge in [-0.3, -0.25) is 0 Å². The van der Waals surface area contributed by atoms with Crippen molar-refractivity contribution in [1.82, 2.24) is 0 Å². The number of hydrogen-bond acceptors (Lipinski definition) is 0. The molecule has 1 unspecified atom stereocenters. The second-order valence-corrected chi connectivity index (χ2v) is 5.43. The second-order valence-electron chi connectivity index (χ2n) is 4.78. The first kappa shape index (κ1) is 11.2. The van der Waals surface area contributed by atoms with Crippen molar-refractivity contribution in [2.75, 3.05) is 5.33 Å². The molecule has 1 saturated carbocycles. The lowest BCUT2D eigenvalue weighted by molar-refractivity contribution is 0.321. The van der Waals surface area contributed by atoms with Crippen LogP contribution in [-0.4, -0.2) is 5.33 Å². The maximum Gasteiger partial charge on any atom is 0.00655 e. The molecular weight excluding hydrogens is 248 g/mol. The summed E-state index contributed by atoms with van der Waals surface area (Å²) in [6.45, 7) is 2.38. The summed E-state index contributed by atoms with van der Waals surface area (Å²) in [6, 6.07) is 11.1. The number of alkyl halides is 1. The van der Waals surface area contributed by atoms with Crippen molar-refractivity contribution >= 4 is 15.9 Å². The Morgan fingerprint density at radius 2 is 1.80 bits per heavy atom. The van der Waals surface area contributed by atoms with Gasteiger partial charge < -0.3 is 0 Å². The van der Waals surface area contributed by atoms with Gasteiger partial charge in [0.15, 0.2) is 0 Å². The van der Waals surface area contributed by atoms with Crippen LogP contribution >= 0.6 is 15.9 Å². The van der Waals surface area contributed by atoms with Crippen LogP contribution in [0.1, 0.15) is 38.2 Å². The summed E-state index contributed by atoms with van der Waals surface area (Å²) in [5, 5.41) is 1.11. The Hall–Kier alpha value is -0.300. The predicted octanol–water partition coefficient (Wildman–Crippen LogP) is 4.53. The van der Waals surface area contributed by atoms with Gasteiger partial charge in [-0.25, -0.2) is 0 Å². The lowest BCUT2D eigenvalue weighted by Gasteiger charge is -2.35. The Bertz CT molecular complexity index is 298. The standard InChI is InChI=1S/C14H19Br/c1-12(11-15)14(9-5-6-10-14)13-7-3-2-4-8-13/h2-4,7-8,12H,5-6,9-11H2,1H3. The summed E-state index contributed by atoms with van der Waals surface area (Å²) >= 11 is 3.66. The molecule has 0 nitrogen and oxygen atoms in total. The molecule has 1 aliphatic carbocycles. The Balaban J connectivity index is 2.35. The minimum absolute atomic E-state index is 0.449. The highest BCUT2D eigenvalue weighted by Crippen LogP contribution is 2.47. The molecule has 0 amide bonds. The van der Waals surface area contributed by atoms with E-state index in [2.05, 4.69) is 53.2 Å². The molecule has 0 radical (unpaired) electrons. The molecule has 1 atom stereocenters. The van der Waals surface area contributed by atoms with Crippen molar-refractivity contribution in [2.24, 2.45) is 5.92 Å². The molecule has 1 aliphatic rings. The molecule has 1 heteroatoms. The van der Waals surface area contributed by atoms with Crippen LogP contribution in [0, 0.1) is 5.92 Å². The summed E-state index contributed by atoms with van der Waals surface area (Å²) in [7, 11) is 0. The van der Waals surface area contributed by atoms with Crippen LogP contribution in [0.3, 0.4) is 0 Å². The zero-order chi connectivity index (χ0) is 10.7. The average molecular weight is 267 g/mol. The maximum absolute atomic E-state index is 3.66. The quantitative estimate of drug-likeness (QED) is 0.706. The zero-order valence-corrected chi connectivity index (χ0v) is 11.0. The molecule has 0 aromatic heterocycles. The first-order valence-electron chi connectivity index (χ1n) is 5.91. The minimum Gasteiger partial charge on any atom is -0.0925 e.